The number of carbonyl (C=O) groups is 4. The van der Waals surface area contributed by atoms with Crippen molar-refractivity contribution in [3.05, 3.63) is 0 Å². The van der Waals surface area contributed by atoms with Crippen LogP contribution < -0.4 is 16.4 Å². The molecule has 0 aliphatic heterocycles. The summed E-state index contributed by atoms with van der Waals surface area (Å²) in [4.78, 5) is 45.3. The minimum absolute atomic E-state index is 0.0377. The van der Waals surface area contributed by atoms with Crippen molar-refractivity contribution in [1.82, 2.24) is 15.5 Å². The minimum atomic E-state index is -1.26. The predicted molar refractivity (Wildman–Crippen MR) is 74.3 cm³/mol. The molecule has 9 heteroatoms. The lowest BCUT2D eigenvalue weighted by atomic mass is 10.2. The van der Waals surface area contributed by atoms with E-state index in [2.05, 4.69) is 10.6 Å². The molecule has 1 atom stereocenters. The molecule has 0 heterocycles. The fourth-order valence-electron chi connectivity index (χ4n) is 1.39. The number of hydrogen-bond donors (Lipinski definition) is 4. The average molecular weight is 302 g/mol. The summed E-state index contributed by atoms with van der Waals surface area (Å²) in [6.45, 7) is 2.68. The van der Waals surface area contributed by atoms with Crippen LogP contribution in [0, 0.1) is 0 Å². The summed E-state index contributed by atoms with van der Waals surface area (Å²) >= 11 is 0. The summed E-state index contributed by atoms with van der Waals surface area (Å²) in [6, 6.07) is -0.709. The molecule has 0 aromatic heterocycles. The minimum Gasteiger partial charge on any atom is -0.480 e. The fraction of sp³-hybridized carbons (Fsp3) is 0.667. The summed E-state index contributed by atoms with van der Waals surface area (Å²) in [5.74, 6) is -2.30. The lowest BCUT2D eigenvalue weighted by molar-refractivity contribution is -0.137. The van der Waals surface area contributed by atoms with Crippen molar-refractivity contribution in [2.24, 2.45) is 5.73 Å². The van der Waals surface area contributed by atoms with Crippen LogP contribution >= 0.6 is 0 Å². The zero-order valence-electron chi connectivity index (χ0n) is 12.2. The van der Waals surface area contributed by atoms with Gasteiger partial charge in [0.25, 0.3) is 0 Å². The Morgan fingerprint density at radius 3 is 2.33 bits per heavy atom. The van der Waals surface area contributed by atoms with E-state index in [1.807, 2.05) is 13.8 Å². The molecule has 0 rings (SSSR count). The molecule has 0 aromatic rings. The molecule has 0 aromatic carbocycles. The Bertz CT molecular complexity index is 383. The number of rotatable bonds is 9. The number of carboxylic acids is 1. The van der Waals surface area contributed by atoms with Crippen molar-refractivity contribution in [3.63, 3.8) is 0 Å². The van der Waals surface area contributed by atoms with Gasteiger partial charge in [-0.1, -0.05) is 6.92 Å². The second-order valence-corrected chi connectivity index (χ2v) is 4.57. The number of nitrogens with one attached hydrogen (secondary N) is 2. The summed E-state index contributed by atoms with van der Waals surface area (Å²) in [5, 5.41) is 13.7. The second kappa shape index (κ2) is 9.56. The number of hydrogen-bond acceptors (Lipinski definition) is 4. The molecule has 0 fully saturated rings. The Hall–Kier alpha value is -2.32. The van der Waals surface area contributed by atoms with Gasteiger partial charge in [0, 0.05) is 19.0 Å². The van der Waals surface area contributed by atoms with E-state index in [0.717, 1.165) is 11.3 Å². The molecule has 9 nitrogen and oxygen atoms in total. The van der Waals surface area contributed by atoms with Gasteiger partial charge in [0.15, 0.2) is 0 Å². The molecule has 0 aliphatic carbocycles. The van der Waals surface area contributed by atoms with E-state index >= 15 is 0 Å². The van der Waals surface area contributed by atoms with Gasteiger partial charge >= 0.3 is 12.0 Å². The van der Waals surface area contributed by atoms with Gasteiger partial charge < -0.3 is 26.4 Å². The van der Waals surface area contributed by atoms with E-state index in [-0.39, 0.29) is 24.9 Å². The monoisotopic (exact) mass is 302 g/mol. The third-order valence-corrected chi connectivity index (χ3v) is 2.61. The molecule has 120 valence electrons. The first-order valence-electron chi connectivity index (χ1n) is 6.58. The van der Waals surface area contributed by atoms with Gasteiger partial charge in [0.05, 0.1) is 0 Å². The Morgan fingerprint density at radius 1 is 1.24 bits per heavy atom. The molecule has 1 unspecified atom stereocenters. The number of carboxylic acid groups (broad SMARTS) is 1. The molecule has 0 aliphatic rings. The molecule has 0 radical (unpaired) electrons. The van der Waals surface area contributed by atoms with Crippen LogP contribution in [0.4, 0.5) is 4.79 Å². The lowest BCUT2D eigenvalue weighted by Gasteiger charge is -2.19. The topological polar surface area (TPSA) is 142 Å². The van der Waals surface area contributed by atoms with Crippen LogP contribution in [0.15, 0.2) is 0 Å². The molecule has 21 heavy (non-hydrogen) atoms. The van der Waals surface area contributed by atoms with Gasteiger partial charge in [-0.15, -0.1) is 0 Å². The average Bonchev–Trinajstić information content (AvgIpc) is 2.36. The number of nitrogens with zero attached hydrogens (tertiary/aromatic N) is 1. The second-order valence-electron chi connectivity index (χ2n) is 4.57. The largest absolute Gasteiger partial charge is 0.480 e. The fourth-order valence-corrected chi connectivity index (χ4v) is 1.39. The first-order valence-corrected chi connectivity index (χ1v) is 6.58. The van der Waals surface area contributed by atoms with Crippen molar-refractivity contribution in [2.45, 2.75) is 32.7 Å². The standard InChI is InChI=1S/C12H22N4O5/c1-3-8(2)15-10(18)4-5-14-12(21)16(6-9(13)17)7-11(19)20/h8H,3-7H2,1-2H3,(H2,13,17)(H,14,21)(H,15,18)(H,19,20). The van der Waals surface area contributed by atoms with Crippen molar-refractivity contribution >= 4 is 23.8 Å². The van der Waals surface area contributed by atoms with Crippen LogP contribution in [-0.4, -0.2) is 59.5 Å². The highest BCUT2D eigenvalue weighted by Crippen LogP contribution is 1.92. The summed E-state index contributed by atoms with van der Waals surface area (Å²) in [7, 11) is 0. The number of aliphatic carboxylic acids is 1. The van der Waals surface area contributed by atoms with Crippen LogP contribution in [0.2, 0.25) is 0 Å². The van der Waals surface area contributed by atoms with Gasteiger partial charge in [-0.25, -0.2) is 4.79 Å². The van der Waals surface area contributed by atoms with Crippen molar-refractivity contribution in [3.8, 4) is 0 Å². The van der Waals surface area contributed by atoms with E-state index in [0.29, 0.717) is 0 Å². The van der Waals surface area contributed by atoms with Gasteiger partial charge in [0.2, 0.25) is 11.8 Å². The maximum atomic E-state index is 11.7. The highest BCUT2D eigenvalue weighted by molar-refractivity contribution is 5.86. The number of urea groups is 1. The molecule has 0 saturated heterocycles. The van der Waals surface area contributed by atoms with Crippen molar-refractivity contribution in [2.75, 3.05) is 19.6 Å². The van der Waals surface area contributed by atoms with Gasteiger partial charge in [0.1, 0.15) is 13.1 Å². The first kappa shape index (κ1) is 18.7. The molecule has 0 spiro atoms. The van der Waals surface area contributed by atoms with Gasteiger partial charge in [-0.3, -0.25) is 14.4 Å². The maximum Gasteiger partial charge on any atom is 0.323 e. The highest BCUT2D eigenvalue weighted by atomic mass is 16.4. The van der Waals surface area contributed by atoms with E-state index in [9.17, 15) is 19.2 Å². The number of primary amides is 1. The first-order chi connectivity index (χ1) is 9.76. The van der Waals surface area contributed by atoms with Crippen molar-refractivity contribution < 1.29 is 24.3 Å². The molecule has 4 amide bonds. The highest BCUT2D eigenvalue weighted by Gasteiger charge is 2.18. The normalized spacial score (nSPS) is 11.3. The number of nitrogens with two attached hydrogens (primary N) is 1. The van der Waals surface area contributed by atoms with Crippen LogP contribution in [0.25, 0.3) is 0 Å². The molecular formula is C12H22N4O5. The zero-order valence-corrected chi connectivity index (χ0v) is 12.2. The lowest BCUT2D eigenvalue weighted by Crippen LogP contribution is -2.47. The van der Waals surface area contributed by atoms with Crippen LogP contribution in [0.1, 0.15) is 26.7 Å². The van der Waals surface area contributed by atoms with Gasteiger partial charge in [-0.05, 0) is 13.3 Å². The van der Waals surface area contributed by atoms with E-state index in [1.165, 1.54) is 0 Å². The van der Waals surface area contributed by atoms with E-state index < -0.39 is 31.0 Å². The Morgan fingerprint density at radius 2 is 1.86 bits per heavy atom. The van der Waals surface area contributed by atoms with E-state index in [4.69, 9.17) is 10.8 Å². The van der Waals surface area contributed by atoms with Gasteiger partial charge in [-0.2, -0.15) is 0 Å². The summed E-state index contributed by atoms with van der Waals surface area (Å²) in [5.41, 5.74) is 4.94. The van der Waals surface area contributed by atoms with Crippen LogP contribution in [0.3, 0.4) is 0 Å². The summed E-state index contributed by atoms with van der Waals surface area (Å²) in [6.07, 6.45) is 0.858. The third kappa shape index (κ3) is 9.25. The van der Waals surface area contributed by atoms with Crippen LogP contribution in [0.5, 0.6) is 0 Å². The third-order valence-electron chi connectivity index (χ3n) is 2.61. The summed E-state index contributed by atoms with van der Waals surface area (Å²) < 4.78 is 0. The Balaban J connectivity index is 4.21. The SMILES string of the molecule is CCC(C)NC(=O)CCNC(=O)N(CC(N)=O)CC(=O)O. The number of amides is 4. The maximum absolute atomic E-state index is 11.7. The Kier molecular flexibility index (Phi) is 8.51. The van der Waals surface area contributed by atoms with Crippen molar-refractivity contribution in [1.29, 1.82) is 0 Å². The number of carbonyl (C=O) groups excluding carboxylic acids is 3. The Labute approximate surface area is 122 Å². The molecule has 0 bridgehead atoms. The molecule has 5 N–H and O–H groups in total. The smallest absolute Gasteiger partial charge is 0.323 e. The predicted octanol–water partition coefficient (Wildman–Crippen LogP) is -1.13. The molecule has 0 saturated carbocycles. The van der Waals surface area contributed by atoms with Crippen LogP contribution in [-0.2, 0) is 14.4 Å². The molecular weight excluding hydrogens is 280 g/mol. The van der Waals surface area contributed by atoms with E-state index in [1.54, 1.807) is 0 Å². The zero-order chi connectivity index (χ0) is 16.4. The quantitative estimate of drug-likeness (QED) is 0.426.